The van der Waals surface area contributed by atoms with Crippen molar-refractivity contribution < 1.29 is 27.6 Å². The Morgan fingerprint density at radius 3 is 2.73 bits per heavy atom. The number of rotatable bonds is 4. The lowest BCUT2D eigenvalue weighted by Gasteiger charge is -2.39. The molecule has 30 heavy (non-hydrogen) atoms. The van der Waals surface area contributed by atoms with Crippen LogP contribution in [0.5, 0.6) is 0 Å². The van der Waals surface area contributed by atoms with Gasteiger partial charge in [-0.25, -0.2) is 0 Å². The normalized spacial score (nSPS) is 20.9. The van der Waals surface area contributed by atoms with E-state index in [4.69, 9.17) is 0 Å². The van der Waals surface area contributed by atoms with E-state index in [0.717, 1.165) is 25.0 Å². The van der Waals surface area contributed by atoms with E-state index in [1.54, 1.807) is 13.8 Å². The summed E-state index contributed by atoms with van der Waals surface area (Å²) in [5.74, 6) is -0.967. The summed E-state index contributed by atoms with van der Waals surface area (Å²) in [7, 11) is 0. The number of carbonyl (C=O) groups is 3. The molecule has 10 heteroatoms. The van der Waals surface area contributed by atoms with Crippen LogP contribution in [0.25, 0.3) is 0 Å². The molecule has 1 saturated heterocycles. The van der Waals surface area contributed by atoms with Gasteiger partial charge in [0.1, 0.15) is 6.54 Å². The van der Waals surface area contributed by atoms with Gasteiger partial charge < -0.3 is 10.6 Å². The molecule has 0 radical (unpaired) electrons. The fourth-order valence-corrected chi connectivity index (χ4v) is 3.85. The fourth-order valence-electron chi connectivity index (χ4n) is 3.85. The highest BCUT2D eigenvalue weighted by Crippen LogP contribution is 2.37. The molecule has 0 bridgehead atoms. The van der Waals surface area contributed by atoms with E-state index in [1.165, 1.54) is 11.0 Å². The Morgan fingerprint density at radius 2 is 2.07 bits per heavy atom. The van der Waals surface area contributed by atoms with Crippen LogP contribution in [-0.4, -0.2) is 54.3 Å². The first-order chi connectivity index (χ1) is 14.1. The lowest BCUT2D eigenvalue weighted by molar-refractivity contribution is -0.137. The minimum Gasteiger partial charge on any atom is -0.352 e. The molecule has 2 aliphatic heterocycles. The van der Waals surface area contributed by atoms with E-state index in [0.29, 0.717) is 19.5 Å². The van der Waals surface area contributed by atoms with E-state index in [9.17, 15) is 27.6 Å². The second kappa shape index (κ2) is 8.63. The maximum atomic E-state index is 13.2. The first kappa shape index (κ1) is 22.1. The molecule has 1 aromatic rings. The largest absolute Gasteiger partial charge is 0.416 e. The molecule has 164 valence electrons. The maximum absolute atomic E-state index is 13.2. The lowest BCUT2D eigenvalue weighted by Crippen LogP contribution is -2.56. The summed E-state index contributed by atoms with van der Waals surface area (Å²) in [5, 5.41) is 5.36. The number of fused-ring (bicyclic) bond motifs is 1. The molecular formula is C20H25F3N4O3. The Kier molecular flexibility index (Phi) is 6.35. The number of hydrogen-bond donors (Lipinski definition) is 2. The van der Waals surface area contributed by atoms with Crippen molar-refractivity contribution in [2.24, 2.45) is 0 Å². The van der Waals surface area contributed by atoms with Gasteiger partial charge >= 0.3 is 6.18 Å². The minimum absolute atomic E-state index is 0.0339. The summed E-state index contributed by atoms with van der Waals surface area (Å²) in [6.07, 6.45) is -2.55. The van der Waals surface area contributed by atoms with Crippen LogP contribution >= 0.6 is 0 Å². The number of likely N-dealkylation sites (tertiary alicyclic amines) is 1. The van der Waals surface area contributed by atoms with Crippen molar-refractivity contribution in [1.29, 1.82) is 0 Å². The number of nitrogens with one attached hydrogen (secondary N) is 2. The van der Waals surface area contributed by atoms with Crippen LogP contribution in [0.15, 0.2) is 18.2 Å². The van der Waals surface area contributed by atoms with Gasteiger partial charge in [-0.15, -0.1) is 0 Å². The Bertz CT molecular complexity index is 843. The number of carbonyl (C=O) groups excluding carboxylic acids is 3. The van der Waals surface area contributed by atoms with Crippen molar-refractivity contribution in [3.63, 3.8) is 0 Å². The number of piperidine rings is 1. The predicted octanol–water partition coefficient (Wildman–Crippen LogP) is 2.37. The second-order valence-corrected chi connectivity index (χ2v) is 7.63. The summed E-state index contributed by atoms with van der Waals surface area (Å²) in [6, 6.07) is 2.30. The van der Waals surface area contributed by atoms with Gasteiger partial charge in [-0.2, -0.15) is 13.2 Å². The number of halogens is 3. The minimum atomic E-state index is -4.55. The maximum Gasteiger partial charge on any atom is 0.416 e. The average Bonchev–Trinajstić information content (AvgIpc) is 2.71. The molecule has 2 aliphatic rings. The van der Waals surface area contributed by atoms with Crippen LogP contribution in [0.3, 0.4) is 0 Å². The Morgan fingerprint density at radius 1 is 1.33 bits per heavy atom. The van der Waals surface area contributed by atoms with Crippen LogP contribution in [-0.2, 0) is 20.6 Å². The number of alkyl halides is 3. The summed E-state index contributed by atoms with van der Waals surface area (Å²) in [5.41, 5.74) is -0.685. The van der Waals surface area contributed by atoms with Crippen molar-refractivity contribution in [1.82, 2.24) is 10.2 Å². The van der Waals surface area contributed by atoms with Crippen molar-refractivity contribution in [2.45, 2.75) is 51.4 Å². The highest BCUT2D eigenvalue weighted by atomic mass is 19.4. The van der Waals surface area contributed by atoms with Crippen molar-refractivity contribution >= 4 is 29.1 Å². The standard InChI is InChI=1S/C20H25F3N4O3/c1-3-17(28)24-14-5-4-8-26(10-14)12(2)19(30)27-11-18(29)25-15-9-13(20(21,22)23)6-7-16(15)27/h6-7,9,12,14H,3-5,8,10-11H2,1-2H3,(H,24,28)(H,25,29). The van der Waals surface area contributed by atoms with E-state index in [2.05, 4.69) is 10.6 Å². The van der Waals surface area contributed by atoms with Crippen LogP contribution in [0.2, 0.25) is 0 Å². The van der Waals surface area contributed by atoms with Gasteiger partial charge in [-0.05, 0) is 44.5 Å². The van der Waals surface area contributed by atoms with Gasteiger partial charge in [0.05, 0.1) is 23.0 Å². The van der Waals surface area contributed by atoms with Crippen LogP contribution in [0.4, 0.5) is 24.5 Å². The molecule has 1 aromatic carbocycles. The Hall–Kier alpha value is -2.62. The molecule has 0 spiro atoms. The molecule has 7 nitrogen and oxygen atoms in total. The molecule has 2 atom stereocenters. The van der Waals surface area contributed by atoms with Crippen molar-refractivity contribution in [2.75, 3.05) is 29.9 Å². The van der Waals surface area contributed by atoms with E-state index in [-0.39, 0.29) is 35.8 Å². The van der Waals surface area contributed by atoms with Gasteiger partial charge in [-0.1, -0.05) is 6.92 Å². The fraction of sp³-hybridized carbons (Fsp3) is 0.550. The summed E-state index contributed by atoms with van der Waals surface area (Å²) in [4.78, 5) is 40.1. The predicted molar refractivity (Wildman–Crippen MR) is 105 cm³/mol. The smallest absolute Gasteiger partial charge is 0.352 e. The monoisotopic (exact) mass is 426 g/mol. The molecule has 2 N–H and O–H groups in total. The number of nitrogens with zero attached hydrogens (tertiary/aromatic N) is 2. The van der Waals surface area contributed by atoms with E-state index in [1.807, 2.05) is 4.90 Å². The molecule has 2 heterocycles. The molecule has 0 aliphatic carbocycles. The van der Waals surface area contributed by atoms with Crippen molar-refractivity contribution in [3.8, 4) is 0 Å². The zero-order valence-corrected chi connectivity index (χ0v) is 16.9. The molecule has 3 amide bonds. The molecule has 3 rings (SSSR count). The van der Waals surface area contributed by atoms with Crippen LogP contribution < -0.4 is 15.5 Å². The zero-order chi connectivity index (χ0) is 22.1. The molecule has 0 saturated carbocycles. The third kappa shape index (κ3) is 4.75. The number of benzene rings is 1. The van der Waals surface area contributed by atoms with Gasteiger partial charge in [0.15, 0.2) is 0 Å². The second-order valence-electron chi connectivity index (χ2n) is 7.63. The third-order valence-electron chi connectivity index (χ3n) is 5.50. The molecular weight excluding hydrogens is 401 g/mol. The third-order valence-corrected chi connectivity index (χ3v) is 5.50. The van der Waals surface area contributed by atoms with Crippen LogP contribution in [0, 0.1) is 0 Å². The van der Waals surface area contributed by atoms with Gasteiger partial charge in [0.25, 0.3) is 0 Å². The Balaban J connectivity index is 1.78. The lowest BCUT2D eigenvalue weighted by atomic mass is 10.0. The summed E-state index contributed by atoms with van der Waals surface area (Å²) >= 11 is 0. The highest BCUT2D eigenvalue weighted by Gasteiger charge is 2.37. The zero-order valence-electron chi connectivity index (χ0n) is 16.9. The highest BCUT2D eigenvalue weighted by molar-refractivity contribution is 6.11. The van der Waals surface area contributed by atoms with Crippen LogP contribution in [0.1, 0.15) is 38.7 Å². The first-order valence-electron chi connectivity index (χ1n) is 9.96. The summed E-state index contributed by atoms with van der Waals surface area (Å²) in [6.45, 7) is 4.38. The van der Waals surface area contributed by atoms with Gasteiger partial charge in [0.2, 0.25) is 17.7 Å². The summed E-state index contributed by atoms with van der Waals surface area (Å²) < 4.78 is 39.0. The van der Waals surface area contributed by atoms with E-state index < -0.39 is 23.7 Å². The Labute approximate surface area is 172 Å². The average molecular weight is 426 g/mol. The molecule has 1 fully saturated rings. The van der Waals surface area contributed by atoms with Crippen molar-refractivity contribution in [3.05, 3.63) is 23.8 Å². The van der Waals surface area contributed by atoms with Gasteiger partial charge in [-0.3, -0.25) is 24.2 Å². The van der Waals surface area contributed by atoms with Gasteiger partial charge in [0, 0.05) is 19.0 Å². The quantitative estimate of drug-likeness (QED) is 0.775. The SMILES string of the molecule is CCC(=O)NC1CCCN(C(C)C(=O)N2CC(=O)Nc3cc(C(F)(F)F)ccc32)C1. The first-order valence-corrected chi connectivity index (χ1v) is 9.96. The number of hydrogen-bond acceptors (Lipinski definition) is 4. The molecule has 2 unspecified atom stereocenters. The topological polar surface area (TPSA) is 81.8 Å². The number of anilines is 2. The molecule has 0 aromatic heterocycles. The van der Waals surface area contributed by atoms with E-state index >= 15 is 0 Å². The number of amides is 3.